The molecule has 1 atom stereocenters. The van der Waals surface area contributed by atoms with Crippen LogP contribution in [-0.2, 0) is 4.79 Å². The lowest BCUT2D eigenvalue weighted by Gasteiger charge is -2.19. The summed E-state index contributed by atoms with van der Waals surface area (Å²) in [6.45, 7) is -0.00726. The number of nitrogens with zero attached hydrogens (tertiary/aromatic N) is 1. The molecule has 4 rings (SSSR count). The van der Waals surface area contributed by atoms with Gasteiger partial charge in [-0.05, 0) is 18.2 Å². The number of aliphatic hydroxyl groups excluding tert-OH is 1. The molecule has 2 aromatic rings. The predicted octanol–water partition coefficient (Wildman–Crippen LogP) is 0.772. The van der Waals surface area contributed by atoms with Gasteiger partial charge in [0.05, 0.1) is 13.2 Å². The van der Waals surface area contributed by atoms with Gasteiger partial charge in [0.2, 0.25) is 0 Å². The molecule has 1 heterocycles. The molecule has 2 aromatic carbocycles. The van der Waals surface area contributed by atoms with E-state index < -0.39 is 24.5 Å². The number of aliphatic hydroxyl groups is 1. The molecule has 0 fully saturated rings. The number of hydrogen-bond donors (Lipinski definition) is 3. The van der Waals surface area contributed by atoms with Gasteiger partial charge in [0.15, 0.2) is 16.7 Å². The van der Waals surface area contributed by atoms with E-state index in [-0.39, 0.29) is 33.8 Å². The van der Waals surface area contributed by atoms with Crippen molar-refractivity contribution in [1.82, 2.24) is 10.6 Å². The number of aliphatic imine (C=N–C) groups is 1. The highest BCUT2D eigenvalue weighted by Gasteiger charge is 2.30. The lowest BCUT2D eigenvalue weighted by molar-refractivity contribution is -0.122. The Bertz CT molecular complexity index is 1110. The fourth-order valence-electron chi connectivity index (χ4n) is 3.28. The SMILES string of the molecule is O=C(N[C@@H](CO)C(=O)NC1=NCCS1)c1ccc2c(c1)C(=O)c1ccccc1C2=O. The van der Waals surface area contributed by atoms with Crippen LogP contribution in [0.15, 0.2) is 47.5 Å². The van der Waals surface area contributed by atoms with Gasteiger partial charge >= 0.3 is 0 Å². The van der Waals surface area contributed by atoms with Gasteiger partial charge in [-0.25, -0.2) is 0 Å². The predicted molar refractivity (Wildman–Crippen MR) is 111 cm³/mol. The number of nitrogens with one attached hydrogen (secondary N) is 2. The van der Waals surface area contributed by atoms with Crippen LogP contribution in [0.2, 0.25) is 0 Å². The maximum absolute atomic E-state index is 12.8. The summed E-state index contributed by atoms with van der Waals surface area (Å²) in [7, 11) is 0. The Hall–Kier alpha value is -3.30. The van der Waals surface area contributed by atoms with E-state index in [1.165, 1.54) is 30.0 Å². The van der Waals surface area contributed by atoms with Crippen molar-refractivity contribution in [3.05, 3.63) is 70.3 Å². The highest BCUT2D eigenvalue weighted by Crippen LogP contribution is 2.27. The number of benzene rings is 2. The second-order valence-electron chi connectivity index (χ2n) is 6.70. The quantitative estimate of drug-likeness (QED) is 0.569. The Morgan fingerprint density at radius 1 is 1.03 bits per heavy atom. The van der Waals surface area contributed by atoms with Crippen LogP contribution in [0.4, 0.5) is 0 Å². The normalized spacial score (nSPS) is 15.7. The lowest BCUT2D eigenvalue weighted by atomic mass is 9.83. The Morgan fingerprint density at radius 3 is 2.33 bits per heavy atom. The van der Waals surface area contributed by atoms with Crippen LogP contribution < -0.4 is 10.6 Å². The number of amides is 2. The minimum absolute atomic E-state index is 0.105. The van der Waals surface area contributed by atoms with Crippen LogP contribution >= 0.6 is 11.8 Å². The summed E-state index contributed by atoms with van der Waals surface area (Å²) < 4.78 is 0. The van der Waals surface area contributed by atoms with E-state index in [1.807, 2.05) is 0 Å². The number of amidine groups is 1. The van der Waals surface area contributed by atoms with Gasteiger partial charge in [0, 0.05) is 33.6 Å². The molecule has 9 heteroatoms. The summed E-state index contributed by atoms with van der Waals surface area (Å²) in [6, 6.07) is 9.52. The van der Waals surface area contributed by atoms with E-state index in [4.69, 9.17) is 0 Å². The molecule has 1 aliphatic carbocycles. The van der Waals surface area contributed by atoms with Gasteiger partial charge in [-0.2, -0.15) is 0 Å². The van der Waals surface area contributed by atoms with Gasteiger partial charge in [0.25, 0.3) is 11.8 Å². The summed E-state index contributed by atoms with van der Waals surface area (Å²) in [5.74, 6) is -1.10. The second kappa shape index (κ2) is 8.21. The van der Waals surface area contributed by atoms with Gasteiger partial charge in [-0.3, -0.25) is 24.2 Å². The summed E-state index contributed by atoms with van der Waals surface area (Å²) in [6.07, 6.45) is 0. The summed E-state index contributed by atoms with van der Waals surface area (Å²) in [4.78, 5) is 54.5. The maximum Gasteiger partial charge on any atom is 0.252 e. The molecule has 2 aliphatic rings. The molecule has 2 amide bonds. The standard InChI is InChI=1S/C21H17N3O5S/c25-10-16(20(29)24-21-22-7-8-30-21)23-19(28)11-5-6-14-15(9-11)18(27)13-4-2-1-3-12(13)17(14)26/h1-6,9,16,25H,7-8,10H2,(H,23,28)(H,22,24,29)/t16-/m0/s1. The van der Waals surface area contributed by atoms with Crippen LogP contribution in [0.25, 0.3) is 0 Å². The molecular formula is C21H17N3O5S. The molecule has 0 radical (unpaired) electrons. The van der Waals surface area contributed by atoms with E-state index in [2.05, 4.69) is 15.6 Å². The number of hydrogen-bond acceptors (Lipinski definition) is 7. The molecule has 0 saturated carbocycles. The Kier molecular flexibility index (Phi) is 5.47. The van der Waals surface area contributed by atoms with E-state index in [1.54, 1.807) is 24.3 Å². The van der Waals surface area contributed by atoms with E-state index >= 15 is 0 Å². The molecule has 0 unspecified atom stereocenters. The number of rotatable bonds is 4. The first-order valence-electron chi connectivity index (χ1n) is 9.22. The van der Waals surface area contributed by atoms with Crippen molar-refractivity contribution in [3.8, 4) is 0 Å². The van der Waals surface area contributed by atoms with Crippen molar-refractivity contribution < 1.29 is 24.3 Å². The first kappa shape index (κ1) is 20.0. The highest BCUT2D eigenvalue weighted by molar-refractivity contribution is 8.14. The smallest absolute Gasteiger partial charge is 0.252 e. The number of fused-ring (bicyclic) bond motifs is 2. The molecule has 0 saturated heterocycles. The lowest BCUT2D eigenvalue weighted by Crippen LogP contribution is -2.49. The largest absolute Gasteiger partial charge is 0.394 e. The maximum atomic E-state index is 12.8. The van der Waals surface area contributed by atoms with Crippen molar-refractivity contribution in [2.75, 3.05) is 18.9 Å². The Labute approximate surface area is 175 Å². The minimum Gasteiger partial charge on any atom is -0.394 e. The van der Waals surface area contributed by atoms with Crippen LogP contribution in [-0.4, -0.2) is 58.6 Å². The third-order valence-corrected chi connectivity index (χ3v) is 5.70. The zero-order valence-corrected chi connectivity index (χ0v) is 16.5. The van der Waals surface area contributed by atoms with Crippen molar-refractivity contribution in [1.29, 1.82) is 0 Å². The van der Waals surface area contributed by atoms with Crippen molar-refractivity contribution in [2.24, 2.45) is 4.99 Å². The molecule has 0 aromatic heterocycles. The first-order valence-corrected chi connectivity index (χ1v) is 10.2. The number of carbonyl (C=O) groups is 4. The van der Waals surface area contributed by atoms with Crippen molar-refractivity contribution in [2.45, 2.75) is 6.04 Å². The third kappa shape index (κ3) is 3.64. The molecule has 0 bridgehead atoms. The number of ketones is 2. The first-order chi connectivity index (χ1) is 14.5. The zero-order valence-electron chi connectivity index (χ0n) is 15.7. The Morgan fingerprint density at radius 2 is 1.70 bits per heavy atom. The van der Waals surface area contributed by atoms with Crippen LogP contribution in [0, 0.1) is 0 Å². The highest BCUT2D eigenvalue weighted by atomic mass is 32.2. The monoisotopic (exact) mass is 423 g/mol. The van der Waals surface area contributed by atoms with Gasteiger partial charge in [-0.15, -0.1) is 0 Å². The molecule has 1 aliphatic heterocycles. The van der Waals surface area contributed by atoms with Gasteiger partial charge in [-0.1, -0.05) is 36.0 Å². The molecule has 3 N–H and O–H groups in total. The van der Waals surface area contributed by atoms with E-state index in [0.717, 1.165) is 5.75 Å². The number of carbonyl (C=O) groups excluding carboxylic acids is 4. The van der Waals surface area contributed by atoms with Gasteiger partial charge in [0.1, 0.15) is 6.04 Å². The van der Waals surface area contributed by atoms with Crippen LogP contribution in [0.3, 0.4) is 0 Å². The van der Waals surface area contributed by atoms with Crippen molar-refractivity contribution in [3.63, 3.8) is 0 Å². The molecule has 8 nitrogen and oxygen atoms in total. The Balaban J connectivity index is 1.54. The molecule has 0 spiro atoms. The van der Waals surface area contributed by atoms with Crippen LogP contribution in [0.1, 0.15) is 42.2 Å². The summed E-state index contributed by atoms with van der Waals surface area (Å²) >= 11 is 1.38. The summed E-state index contributed by atoms with van der Waals surface area (Å²) in [5, 5.41) is 15.0. The zero-order chi connectivity index (χ0) is 21.3. The van der Waals surface area contributed by atoms with E-state index in [0.29, 0.717) is 17.3 Å². The summed E-state index contributed by atoms with van der Waals surface area (Å²) in [5.41, 5.74) is 1.08. The van der Waals surface area contributed by atoms with Gasteiger partial charge < -0.3 is 15.7 Å². The molecular weight excluding hydrogens is 406 g/mol. The number of thioether (sulfide) groups is 1. The fraction of sp³-hybridized carbons (Fsp3) is 0.190. The van der Waals surface area contributed by atoms with Crippen molar-refractivity contribution >= 4 is 40.3 Å². The second-order valence-corrected chi connectivity index (χ2v) is 7.78. The molecule has 152 valence electrons. The topological polar surface area (TPSA) is 125 Å². The minimum atomic E-state index is -1.18. The average molecular weight is 423 g/mol. The van der Waals surface area contributed by atoms with Crippen LogP contribution in [0.5, 0.6) is 0 Å². The third-order valence-electron chi connectivity index (χ3n) is 4.81. The van der Waals surface area contributed by atoms with E-state index in [9.17, 15) is 24.3 Å². The molecule has 30 heavy (non-hydrogen) atoms. The average Bonchev–Trinajstić information content (AvgIpc) is 3.28. The fourth-order valence-corrected chi connectivity index (χ4v) is 4.01.